The zero-order chi connectivity index (χ0) is 13.4. The van der Waals surface area contributed by atoms with Gasteiger partial charge in [-0.3, -0.25) is 4.79 Å². The van der Waals surface area contributed by atoms with Crippen molar-refractivity contribution in [1.29, 1.82) is 0 Å². The Morgan fingerprint density at radius 3 is 2.84 bits per heavy atom. The van der Waals surface area contributed by atoms with Crippen LogP contribution < -0.4 is 0 Å². The van der Waals surface area contributed by atoms with E-state index in [1.807, 2.05) is 31.2 Å². The summed E-state index contributed by atoms with van der Waals surface area (Å²) in [6.07, 6.45) is 2.43. The first kappa shape index (κ1) is 12.7. The number of carbonyl (C=O) groups excluding carboxylic acids is 1. The van der Waals surface area contributed by atoms with E-state index in [2.05, 4.69) is 16.8 Å². The van der Waals surface area contributed by atoms with Gasteiger partial charge in [0.1, 0.15) is 0 Å². The molecular weight excluding hydrogens is 236 g/mol. The minimum Gasteiger partial charge on any atom is -0.334 e. The van der Waals surface area contributed by atoms with E-state index in [1.54, 1.807) is 0 Å². The van der Waals surface area contributed by atoms with E-state index < -0.39 is 0 Å². The van der Waals surface area contributed by atoms with Crippen molar-refractivity contribution in [2.45, 2.75) is 25.8 Å². The van der Waals surface area contributed by atoms with Crippen LogP contribution in [0.15, 0.2) is 24.3 Å². The minimum absolute atomic E-state index is 0.216. The number of carbonyl (C=O) groups is 1. The van der Waals surface area contributed by atoms with Crippen LogP contribution >= 0.6 is 0 Å². The highest BCUT2D eigenvalue weighted by Gasteiger charge is 2.36. The van der Waals surface area contributed by atoms with Crippen molar-refractivity contribution < 1.29 is 4.79 Å². The molecule has 3 saturated heterocycles. The number of likely N-dealkylation sites (N-methyl/N-ethyl adjacent to an activating group) is 1. The molecule has 0 saturated carbocycles. The predicted molar refractivity (Wildman–Crippen MR) is 76.2 cm³/mol. The minimum atomic E-state index is 0.216. The van der Waals surface area contributed by atoms with Crippen molar-refractivity contribution in [1.82, 2.24) is 9.80 Å². The molecule has 3 fully saturated rings. The molecular formula is C16H22N2O. The molecule has 102 valence electrons. The normalized spacial score (nSPS) is 27.4. The Labute approximate surface area is 115 Å². The van der Waals surface area contributed by atoms with Crippen molar-refractivity contribution in [3.8, 4) is 0 Å². The van der Waals surface area contributed by atoms with Gasteiger partial charge >= 0.3 is 0 Å². The molecule has 4 rings (SSSR count). The van der Waals surface area contributed by atoms with Gasteiger partial charge in [0.2, 0.25) is 0 Å². The standard InChI is InChI=1S/C16H22N2O/c1-12-4-3-5-14(8-12)16(19)18-10-13-6-7-15(18)11-17(2)9-13/h3-5,8,13,15H,6-7,9-11H2,1-2H3/t13-,15+/m0/s1. The molecule has 0 radical (unpaired) electrons. The molecule has 2 bridgehead atoms. The molecule has 3 heteroatoms. The number of piperidine rings is 1. The van der Waals surface area contributed by atoms with E-state index in [0.29, 0.717) is 12.0 Å². The summed E-state index contributed by atoms with van der Waals surface area (Å²) >= 11 is 0. The second kappa shape index (κ2) is 4.97. The molecule has 3 nitrogen and oxygen atoms in total. The molecule has 19 heavy (non-hydrogen) atoms. The summed E-state index contributed by atoms with van der Waals surface area (Å²) in [5.41, 5.74) is 2.00. The first-order valence-corrected chi connectivity index (χ1v) is 7.19. The lowest BCUT2D eigenvalue weighted by Crippen LogP contribution is -2.47. The summed E-state index contributed by atoms with van der Waals surface area (Å²) in [6, 6.07) is 8.36. The highest BCUT2D eigenvalue weighted by atomic mass is 16.2. The number of benzene rings is 1. The second-order valence-corrected chi connectivity index (χ2v) is 6.15. The van der Waals surface area contributed by atoms with Gasteiger partial charge in [0.05, 0.1) is 0 Å². The number of hydrogen-bond donors (Lipinski definition) is 0. The Morgan fingerprint density at radius 1 is 1.21 bits per heavy atom. The zero-order valence-electron chi connectivity index (χ0n) is 11.8. The molecule has 3 aliphatic rings. The third-order valence-electron chi connectivity index (χ3n) is 4.42. The van der Waals surface area contributed by atoms with E-state index in [1.165, 1.54) is 6.42 Å². The number of rotatable bonds is 1. The average Bonchev–Trinajstić information content (AvgIpc) is 2.66. The number of hydrogen-bond acceptors (Lipinski definition) is 2. The third kappa shape index (κ3) is 2.52. The first-order chi connectivity index (χ1) is 9.13. The SMILES string of the molecule is Cc1cccc(C(=O)N2C[C@H]3CC[C@@H]2CN(C)C3)c1. The fourth-order valence-electron chi connectivity index (χ4n) is 3.51. The topological polar surface area (TPSA) is 23.6 Å². The van der Waals surface area contributed by atoms with Crippen LogP contribution in [0, 0.1) is 12.8 Å². The number of fused-ring (bicyclic) bond motifs is 4. The van der Waals surface area contributed by atoms with Gasteiger partial charge in [-0.2, -0.15) is 0 Å². The lowest BCUT2D eigenvalue weighted by molar-refractivity contribution is 0.0587. The molecule has 0 unspecified atom stereocenters. The van der Waals surface area contributed by atoms with Crippen molar-refractivity contribution >= 4 is 5.91 Å². The molecule has 1 aromatic rings. The van der Waals surface area contributed by atoms with Crippen molar-refractivity contribution in [2.24, 2.45) is 5.92 Å². The van der Waals surface area contributed by atoms with E-state index in [0.717, 1.165) is 37.2 Å². The van der Waals surface area contributed by atoms with E-state index in [9.17, 15) is 4.79 Å². The molecule has 0 aromatic heterocycles. The summed E-state index contributed by atoms with van der Waals surface area (Å²) in [5.74, 6) is 0.867. The molecule has 3 heterocycles. The maximum Gasteiger partial charge on any atom is 0.254 e. The highest BCUT2D eigenvalue weighted by molar-refractivity contribution is 5.94. The van der Waals surface area contributed by atoms with Gasteiger partial charge in [0.25, 0.3) is 5.91 Å². The number of amides is 1. The van der Waals surface area contributed by atoms with E-state index in [-0.39, 0.29) is 5.91 Å². The van der Waals surface area contributed by atoms with Crippen LogP contribution in [-0.4, -0.2) is 48.4 Å². The zero-order valence-corrected chi connectivity index (χ0v) is 11.8. The summed E-state index contributed by atoms with van der Waals surface area (Å²) in [4.78, 5) is 17.2. The first-order valence-electron chi connectivity index (χ1n) is 7.19. The molecule has 0 spiro atoms. The Balaban J connectivity index is 1.84. The van der Waals surface area contributed by atoms with Crippen LogP contribution in [0.25, 0.3) is 0 Å². The van der Waals surface area contributed by atoms with Gasteiger partial charge in [0.15, 0.2) is 0 Å². The van der Waals surface area contributed by atoms with Crippen molar-refractivity contribution in [2.75, 3.05) is 26.7 Å². The summed E-state index contributed by atoms with van der Waals surface area (Å²) in [6.45, 7) is 5.13. The molecule has 2 atom stereocenters. The lowest BCUT2D eigenvalue weighted by Gasteiger charge is -2.36. The van der Waals surface area contributed by atoms with E-state index >= 15 is 0 Å². The molecule has 1 amide bonds. The maximum absolute atomic E-state index is 12.7. The molecule has 0 N–H and O–H groups in total. The Morgan fingerprint density at radius 2 is 2.05 bits per heavy atom. The summed E-state index contributed by atoms with van der Waals surface area (Å²) < 4.78 is 0. The largest absolute Gasteiger partial charge is 0.334 e. The lowest BCUT2D eigenvalue weighted by atomic mass is 9.94. The van der Waals surface area contributed by atoms with Gasteiger partial charge in [-0.1, -0.05) is 17.7 Å². The van der Waals surface area contributed by atoms with E-state index in [4.69, 9.17) is 0 Å². The summed E-state index contributed by atoms with van der Waals surface area (Å²) in [5, 5.41) is 0. The molecule has 1 aromatic carbocycles. The Hall–Kier alpha value is -1.35. The van der Waals surface area contributed by atoms with Gasteiger partial charge in [-0.05, 0) is 44.9 Å². The smallest absolute Gasteiger partial charge is 0.254 e. The van der Waals surface area contributed by atoms with Gasteiger partial charge < -0.3 is 9.80 Å². The van der Waals surface area contributed by atoms with Crippen molar-refractivity contribution in [3.05, 3.63) is 35.4 Å². The highest BCUT2D eigenvalue weighted by Crippen LogP contribution is 2.28. The Bertz CT molecular complexity index is 485. The second-order valence-electron chi connectivity index (χ2n) is 6.15. The van der Waals surface area contributed by atoms with Gasteiger partial charge in [0, 0.05) is 31.2 Å². The monoisotopic (exact) mass is 258 g/mol. The van der Waals surface area contributed by atoms with Crippen LogP contribution in [0.5, 0.6) is 0 Å². The molecule has 0 aliphatic carbocycles. The third-order valence-corrected chi connectivity index (χ3v) is 4.42. The van der Waals surface area contributed by atoms with Crippen LogP contribution in [0.3, 0.4) is 0 Å². The van der Waals surface area contributed by atoms with Crippen molar-refractivity contribution in [3.63, 3.8) is 0 Å². The average molecular weight is 258 g/mol. The van der Waals surface area contributed by atoms with Crippen LogP contribution in [0.2, 0.25) is 0 Å². The fourth-order valence-corrected chi connectivity index (χ4v) is 3.51. The molecule has 3 aliphatic heterocycles. The number of aryl methyl sites for hydroxylation is 1. The van der Waals surface area contributed by atoms with Crippen LogP contribution in [-0.2, 0) is 0 Å². The predicted octanol–water partition coefficient (Wildman–Crippen LogP) is 2.16. The van der Waals surface area contributed by atoms with Gasteiger partial charge in [-0.15, -0.1) is 0 Å². The quantitative estimate of drug-likeness (QED) is 0.770. The van der Waals surface area contributed by atoms with Crippen LogP contribution in [0.1, 0.15) is 28.8 Å². The fraction of sp³-hybridized carbons (Fsp3) is 0.562. The Kier molecular flexibility index (Phi) is 3.31. The maximum atomic E-state index is 12.7. The summed E-state index contributed by atoms with van der Waals surface area (Å²) in [7, 11) is 2.17. The van der Waals surface area contributed by atoms with Crippen LogP contribution in [0.4, 0.5) is 0 Å². The number of nitrogens with zero attached hydrogens (tertiary/aromatic N) is 2. The van der Waals surface area contributed by atoms with Gasteiger partial charge in [-0.25, -0.2) is 0 Å².